The molecule has 0 radical (unpaired) electrons. The van der Waals surface area contributed by atoms with Crippen molar-refractivity contribution in [3.63, 3.8) is 0 Å². The summed E-state index contributed by atoms with van der Waals surface area (Å²) in [7, 11) is 0. The number of benzene rings is 1. The van der Waals surface area contributed by atoms with E-state index in [-0.39, 0.29) is 5.56 Å². The Bertz CT molecular complexity index is 440. The fourth-order valence-electron chi connectivity index (χ4n) is 1.37. The maximum atomic E-state index is 13.1. The fraction of sp³-hybridized carbons (Fsp3) is 0.300. The van der Waals surface area contributed by atoms with Gasteiger partial charge in [0, 0.05) is 11.6 Å². The minimum absolute atomic E-state index is 0.323. The largest absolute Gasteiger partial charge is 0.396 e. The maximum Gasteiger partial charge on any atom is 0.220 e. The highest BCUT2D eigenvalue weighted by molar-refractivity contribution is 5.74. The van der Waals surface area contributed by atoms with Crippen LogP contribution in [0.3, 0.4) is 0 Å². The predicted molar refractivity (Wildman–Crippen MR) is 55.5 cm³/mol. The molecule has 6 N–H and O–H groups in total. The number of anilines is 1. The van der Waals surface area contributed by atoms with Crippen molar-refractivity contribution >= 4 is 11.6 Å². The summed E-state index contributed by atoms with van der Waals surface area (Å²) in [5.74, 6) is -2.85. The van der Waals surface area contributed by atoms with Crippen LogP contribution in [0.5, 0.6) is 0 Å². The molecule has 1 aromatic carbocycles. The quantitative estimate of drug-likeness (QED) is 0.552. The SMILES string of the molecule is NC(=O)CC(O)C(O)c1cc(F)cc(F)c1N. The van der Waals surface area contributed by atoms with Crippen LogP contribution in [0.2, 0.25) is 0 Å². The topological polar surface area (TPSA) is 110 Å². The van der Waals surface area contributed by atoms with Gasteiger partial charge in [-0.1, -0.05) is 0 Å². The van der Waals surface area contributed by atoms with Gasteiger partial charge in [0.2, 0.25) is 5.91 Å². The van der Waals surface area contributed by atoms with E-state index < -0.39 is 41.9 Å². The molecule has 1 amide bonds. The molecule has 94 valence electrons. The van der Waals surface area contributed by atoms with E-state index in [1.165, 1.54) is 0 Å². The molecule has 0 bridgehead atoms. The normalized spacial score (nSPS) is 14.4. The highest BCUT2D eigenvalue weighted by Crippen LogP contribution is 2.27. The van der Waals surface area contributed by atoms with Gasteiger partial charge in [0.15, 0.2) is 0 Å². The molecule has 1 rings (SSSR count). The molecule has 0 heterocycles. The van der Waals surface area contributed by atoms with E-state index in [4.69, 9.17) is 11.5 Å². The van der Waals surface area contributed by atoms with Gasteiger partial charge in [-0.2, -0.15) is 0 Å². The molecule has 7 heteroatoms. The van der Waals surface area contributed by atoms with E-state index in [2.05, 4.69) is 0 Å². The van der Waals surface area contributed by atoms with Crippen molar-refractivity contribution in [3.8, 4) is 0 Å². The van der Waals surface area contributed by atoms with Crippen molar-refractivity contribution in [3.05, 3.63) is 29.3 Å². The highest BCUT2D eigenvalue weighted by atomic mass is 19.1. The molecule has 0 aromatic heterocycles. The number of hydrogen-bond acceptors (Lipinski definition) is 4. The summed E-state index contributed by atoms with van der Waals surface area (Å²) in [5.41, 5.74) is 9.30. The van der Waals surface area contributed by atoms with Crippen LogP contribution in [0.4, 0.5) is 14.5 Å². The monoisotopic (exact) mass is 246 g/mol. The van der Waals surface area contributed by atoms with Crippen molar-refractivity contribution < 1.29 is 23.8 Å². The third-order valence-electron chi connectivity index (χ3n) is 2.22. The van der Waals surface area contributed by atoms with Crippen LogP contribution in [-0.2, 0) is 4.79 Å². The maximum absolute atomic E-state index is 13.1. The molecule has 2 unspecified atom stereocenters. The Morgan fingerprint density at radius 1 is 1.35 bits per heavy atom. The molecule has 0 aliphatic carbocycles. The Balaban J connectivity index is 3.03. The summed E-state index contributed by atoms with van der Waals surface area (Å²) in [6.45, 7) is 0. The fourth-order valence-corrected chi connectivity index (χ4v) is 1.37. The first-order valence-electron chi connectivity index (χ1n) is 4.71. The lowest BCUT2D eigenvalue weighted by Gasteiger charge is -2.18. The molecular weight excluding hydrogens is 234 g/mol. The van der Waals surface area contributed by atoms with Gasteiger partial charge in [-0.15, -0.1) is 0 Å². The van der Waals surface area contributed by atoms with Crippen LogP contribution in [0, 0.1) is 11.6 Å². The van der Waals surface area contributed by atoms with Crippen molar-refractivity contribution in [2.45, 2.75) is 18.6 Å². The number of halogens is 2. The summed E-state index contributed by atoms with van der Waals surface area (Å²) in [5, 5.41) is 19.0. The standard InChI is InChI=1S/C10H12F2N2O3/c11-4-1-5(9(14)6(12)2-4)10(17)7(15)3-8(13)16/h1-2,7,10,15,17H,3,14H2,(H2,13,16). The second-order valence-electron chi connectivity index (χ2n) is 3.57. The van der Waals surface area contributed by atoms with E-state index >= 15 is 0 Å². The van der Waals surface area contributed by atoms with E-state index in [1.807, 2.05) is 0 Å². The molecule has 0 aliphatic heterocycles. The van der Waals surface area contributed by atoms with Gasteiger partial charge in [0.25, 0.3) is 0 Å². The van der Waals surface area contributed by atoms with Crippen LogP contribution < -0.4 is 11.5 Å². The number of nitrogens with two attached hydrogens (primary N) is 2. The first kappa shape index (κ1) is 13.3. The van der Waals surface area contributed by atoms with E-state index in [1.54, 1.807) is 0 Å². The molecule has 0 fully saturated rings. The molecule has 0 saturated carbocycles. The third kappa shape index (κ3) is 3.11. The van der Waals surface area contributed by atoms with Crippen LogP contribution in [-0.4, -0.2) is 22.2 Å². The lowest BCUT2D eigenvalue weighted by atomic mass is 10.00. The van der Waals surface area contributed by atoms with Crippen molar-refractivity contribution in [1.29, 1.82) is 0 Å². The number of aliphatic hydroxyl groups excluding tert-OH is 2. The summed E-state index contributed by atoms with van der Waals surface area (Å²) in [4.78, 5) is 10.5. The van der Waals surface area contributed by atoms with E-state index in [0.29, 0.717) is 6.07 Å². The Hall–Kier alpha value is -1.73. The number of rotatable bonds is 4. The molecule has 0 aliphatic rings. The van der Waals surface area contributed by atoms with E-state index in [0.717, 1.165) is 6.07 Å². The van der Waals surface area contributed by atoms with Gasteiger partial charge in [0.1, 0.15) is 17.7 Å². The minimum atomic E-state index is -1.69. The summed E-state index contributed by atoms with van der Waals surface area (Å²) >= 11 is 0. The number of aliphatic hydroxyl groups is 2. The predicted octanol–water partition coefficient (Wildman–Crippen LogP) is -0.183. The van der Waals surface area contributed by atoms with Crippen molar-refractivity contribution in [1.82, 2.24) is 0 Å². The average Bonchev–Trinajstić information content (AvgIpc) is 2.21. The first-order chi connectivity index (χ1) is 7.82. The zero-order valence-corrected chi connectivity index (χ0v) is 8.73. The summed E-state index contributed by atoms with van der Waals surface area (Å²) in [6, 6.07) is 1.33. The van der Waals surface area contributed by atoms with Gasteiger partial charge in [-0.3, -0.25) is 4.79 Å². The minimum Gasteiger partial charge on any atom is -0.396 e. The summed E-state index contributed by atoms with van der Waals surface area (Å²) < 4.78 is 26.0. The molecule has 0 saturated heterocycles. The second kappa shape index (κ2) is 5.07. The van der Waals surface area contributed by atoms with Gasteiger partial charge in [0.05, 0.1) is 18.2 Å². The lowest BCUT2D eigenvalue weighted by Crippen LogP contribution is -2.26. The Labute approximate surface area is 95.7 Å². The number of primary amides is 1. The molecule has 17 heavy (non-hydrogen) atoms. The number of amides is 1. The lowest BCUT2D eigenvalue weighted by molar-refractivity contribution is -0.121. The smallest absolute Gasteiger partial charge is 0.220 e. The molecule has 2 atom stereocenters. The van der Waals surface area contributed by atoms with E-state index in [9.17, 15) is 23.8 Å². The van der Waals surface area contributed by atoms with Gasteiger partial charge >= 0.3 is 0 Å². The van der Waals surface area contributed by atoms with Gasteiger partial charge in [-0.05, 0) is 6.07 Å². The second-order valence-corrected chi connectivity index (χ2v) is 3.57. The number of carbonyl (C=O) groups is 1. The third-order valence-corrected chi connectivity index (χ3v) is 2.22. The van der Waals surface area contributed by atoms with Crippen LogP contribution in [0.25, 0.3) is 0 Å². The van der Waals surface area contributed by atoms with Crippen molar-refractivity contribution in [2.75, 3.05) is 5.73 Å². The number of nitrogen functional groups attached to an aromatic ring is 1. The Morgan fingerprint density at radius 2 is 1.94 bits per heavy atom. The molecule has 0 spiro atoms. The average molecular weight is 246 g/mol. The molecule has 5 nitrogen and oxygen atoms in total. The molecule has 1 aromatic rings. The van der Waals surface area contributed by atoms with Gasteiger partial charge in [-0.25, -0.2) is 8.78 Å². The highest BCUT2D eigenvalue weighted by Gasteiger charge is 2.24. The zero-order chi connectivity index (χ0) is 13.2. The Kier molecular flexibility index (Phi) is 3.97. The van der Waals surface area contributed by atoms with Crippen LogP contribution in [0.1, 0.15) is 18.1 Å². The number of carbonyl (C=O) groups excluding carboxylic acids is 1. The summed E-state index contributed by atoms with van der Waals surface area (Å²) in [6.07, 6.45) is -3.80. The van der Waals surface area contributed by atoms with Gasteiger partial charge < -0.3 is 21.7 Å². The van der Waals surface area contributed by atoms with Crippen LogP contribution in [0.15, 0.2) is 12.1 Å². The zero-order valence-electron chi connectivity index (χ0n) is 8.73. The first-order valence-corrected chi connectivity index (χ1v) is 4.71. The van der Waals surface area contributed by atoms with Crippen molar-refractivity contribution in [2.24, 2.45) is 5.73 Å². The van der Waals surface area contributed by atoms with Crippen LogP contribution >= 0.6 is 0 Å². The Morgan fingerprint density at radius 3 is 2.47 bits per heavy atom. The molecular formula is C10H12F2N2O3. The number of hydrogen-bond donors (Lipinski definition) is 4.